The summed E-state index contributed by atoms with van der Waals surface area (Å²) in [5.74, 6) is -4.39. The maximum absolute atomic E-state index is 13.2. The number of esters is 1. The van der Waals surface area contributed by atoms with Crippen molar-refractivity contribution in [2.24, 2.45) is 5.16 Å². The Morgan fingerprint density at radius 2 is 1.80 bits per heavy atom. The number of nitro groups is 1. The zero-order valence-electron chi connectivity index (χ0n) is 20.6. The molecule has 40 heavy (non-hydrogen) atoms. The minimum atomic E-state index is -1.38. The Balaban J connectivity index is 1.52. The van der Waals surface area contributed by atoms with E-state index in [0.717, 1.165) is 17.0 Å². The number of carboxylic acid groups (broad SMARTS) is 1. The van der Waals surface area contributed by atoms with E-state index in [1.165, 1.54) is 43.0 Å². The summed E-state index contributed by atoms with van der Waals surface area (Å²) >= 11 is 1.18. The second-order valence-corrected chi connectivity index (χ2v) is 9.49. The molecule has 2 aliphatic rings. The highest BCUT2D eigenvalue weighted by Crippen LogP contribution is 2.40. The molecule has 0 unspecified atom stereocenters. The summed E-state index contributed by atoms with van der Waals surface area (Å²) in [5, 5.41) is 26.0. The molecule has 0 aliphatic carbocycles. The Kier molecular flexibility index (Phi) is 8.23. The van der Waals surface area contributed by atoms with Crippen molar-refractivity contribution in [3.05, 3.63) is 87.1 Å². The second-order valence-electron chi connectivity index (χ2n) is 8.39. The molecule has 2 aromatic carbocycles. The largest absolute Gasteiger partial charge is 0.477 e. The van der Waals surface area contributed by atoms with Crippen LogP contribution in [0.5, 0.6) is 0 Å². The van der Waals surface area contributed by atoms with E-state index in [0.29, 0.717) is 0 Å². The molecule has 14 nitrogen and oxygen atoms in total. The third-order valence-corrected chi connectivity index (χ3v) is 7.12. The average molecular weight is 569 g/mol. The number of ether oxygens (including phenoxy) is 1. The van der Waals surface area contributed by atoms with Crippen LogP contribution in [-0.2, 0) is 28.8 Å². The molecule has 0 spiro atoms. The molecule has 2 heterocycles. The van der Waals surface area contributed by atoms with Crippen LogP contribution >= 0.6 is 11.8 Å². The molecule has 2 amide bonds. The Labute approximate surface area is 229 Å². The lowest BCUT2D eigenvalue weighted by molar-refractivity contribution is -0.384. The molecule has 2 N–H and O–H groups in total. The van der Waals surface area contributed by atoms with E-state index in [-0.39, 0.29) is 46.2 Å². The Hall–Kier alpha value is -5.05. The molecule has 0 saturated carbocycles. The summed E-state index contributed by atoms with van der Waals surface area (Å²) in [4.78, 5) is 77.8. The fraction of sp³-hybridized carbons (Fsp3) is 0.200. The number of carbonyl (C=O) groups is 5. The smallest absolute Gasteiger partial charge is 0.365 e. The SMILES string of the molecule is CC(=O)OCC1=C(C(=O)O)N2C(=O)[C@@H](NC(=O)/C(=N/OC(=O)c3ccc([N+](=O)[O-])cc3)c3ccccc3)[C@H]2SC1. The van der Waals surface area contributed by atoms with Crippen molar-refractivity contribution < 1.29 is 43.6 Å². The van der Waals surface area contributed by atoms with Crippen molar-refractivity contribution in [3.8, 4) is 0 Å². The molecule has 1 fully saturated rings. The van der Waals surface area contributed by atoms with Crippen LogP contribution in [-0.4, -0.2) is 74.1 Å². The van der Waals surface area contributed by atoms with Crippen LogP contribution in [0.4, 0.5) is 5.69 Å². The molecule has 2 aromatic rings. The Morgan fingerprint density at radius 3 is 2.40 bits per heavy atom. The molecular weight excluding hydrogens is 548 g/mol. The Bertz CT molecular complexity index is 1460. The van der Waals surface area contributed by atoms with E-state index in [2.05, 4.69) is 10.5 Å². The molecule has 0 bridgehead atoms. The second kappa shape index (κ2) is 11.8. The number of nitrogens with zero attached hydrogens (tertiary/aromatic N) is 3. The van der Waals surface area contributed by atoms with Gasteiger partial charge in [-0.3, -0.25) is 29.4 Å². The first-order valence-corrected chi connectivity index (χ1v) is 12.6. The lowest BCUT2D eigenvalue weighted by atomic mass is 10.0. The van der Waals surface area contributed by atoms with Gasteiger partial charge in [-0.15, -0.1) is 11.8 Å². The van der Waals surface area contributed by atoms with Gasteiger partial charge in [-0.1, -0.05) is 35.5 Å². The standard InChI is InChI=1S/C25H20N4O10S/c1-13(30)38-11-16-12-40-23-19(22(32)28(23)20(16)24(33)34)26-21(31)18(14-5-3-2-4-6-14)27-39-25(35)15-7-9-17(10-8-15)29(36)37/h2-10,19,23H,11-12H2,1H3,(H,26,31)(H,33,34)/b27-18+/t19-,23-/m1/s1. The molecule has 0 radical (unpaired) electrons. The van der Waals surface area contributed by atoms with E-state index in [9.17, 15) is 39.2 Å². The van der Waals surface area contributed by atoms with E-state index in [1.54, 1.807) is 18.2 Å². The van der Waals surface area contributed by atoms with Crippen LogP contribution < -0.4 is 5.32 Å². The number of hydrogen-bond acceptors (Lipinski definition) is 11. The zero-order valence-corrected chi connectivity index (χ0v) is 21.5. The maximum Gasteiger partial charge on any atom is 0.365 e. The molecule has 2 aliphatic heterocycles. The molecule has 2 atom stereocenters. The number of non-ortho nitro benzene ring substituents is 1. The number of oxime groups is 1. The lowest BCUT2D eigenvalue weighted by Crippen LogP contribution is -2.71. The highest BCUT2D eigenvalue weighted by atomic mass is 32.2. The van der Waals surface area contributed by atoms with Gasteiger partial charge in [0.05, 0.1) is 10.5 Å². The van der Waals surface area contributed by atoms with Gasteiger partial charge in [-0.25, -0.2) is 9.59 Å². The van der Waals surface area contributed by atoms with Gasteiger partial charge in [-0.05, 0) is 12.1 Å². The van der Waals surface area contributed by atoms with Crippen LogP contribution in [0.15, 0.2) is 71.0 Å². The van der Waals surface area contributed by atoms with Gasteiger partial charge in [0.25, 0.3) is 17.5 Å². The first-order chi connectivity index (χ1) is 19.1. The van der Waals surface area contributed by atoms with Gasteiger partial charge in [-0.2, -0.15) is 0 Å². The topological polar surface area (TPSA) is 195 Å². The Morgan fingerprint density at radius 1 is 1.12 bits per heavy atom. The summed E-state index contributed by atoms with van der Waals surface area (Å²) in [6.07, 6.45) is 0. The number of fused-ring (bicyclic) bond motifs is 1. The number of hydrogen-bond donors (Lipinski definition) is 2. The number of rotatable bonds is 9. The highest BCUT2D eigenvalue weighted by Gasteiger charge is 2.54. The lowest BCUT2D eigenvalue weighted by Gasteiger charge is -2.49. The number of thioether (sulfide) groups is 1. The van der Waals surface area contributed by atoms with Gasteiger partial charge in [0.2, 0.25) is 0 Å². The number of benzene rings is 2. The summed E-state index contributed by atoms with van der Waals surface area (Å²) in [6, 6.07) is 11.4. The fourth-order valence-electron chi connectivity index (χ4n) is 3.87. The van der Waals surface area contributed by atoms with Crippen molar-refractivity contribution in [1.29, 1.82) is 0 Å². The molecule has 4 rings (SSSR count). The number of carboxylic acids is 1. The molecule has 15 heteroatoms. The van der Waals surface area contributed by atoms with Crippen molar-refractivity contribution in [2.75, 3.05) is 12.4 Å². The van der Waals surface area contributed by atoms with E-state index in [4.69, 9.17) is 9.57 Å². The molecule has 206 valence electrons. The van der Waals surface area contributed by atoms with Crippen molar-refractivity contribution in [1.82, 2.24) is 10.2 Å². The van der Waals surface area contributed by atoms with Gasteiger partial charge >= 0.3 is 17.9 Å². The van der Waals surface area contributed by atoms with E-state index < -0.39 is 46.1 Å². The predicted molar refractivity (Wildman–Crippen MR) is 138 cm³/mol. The van der Waals surface area contributed by atoms with Crippen molar-refractivity contribution in [3.63, 3.8) is 0 Å². The average Bonchev–Trinajstić information content (AvgIpc) is 2.94. The monoisotopic (exact) mass is 568 g/mol. The van der Waals surface area contributed by atoms with Crippen LogP contribution in [0.1, 0.15) is 22.8 Å². The summed E-state index contributed by atoms with van der Waals surface area (Å²) in [6.45, 7) is 0.887. The van der Waals surface area contributed by atoms with Gasteiger partial charge < -0.3 is 20.0 Å². The van der Waals surface area contributed by atoms with Gasteiger partial charge in [0.15, 0.2) is 5.71 Å². The number of β-lactam (4-membered cyclic amide) rings is 1. The van der Waals surface area contributed by atoms with Crippen LogP contribution in [0, 0.1) is 10.1 Å². The number of amides is 2. The minimum absolute atomic E-state index is 0.0527. The first-order valence-electron chi connectivity index (χ1n) is 11.5. The number of nitro benzene ring substituents is 1. The van der Waals surface area contributed by atoms with Crippen molar-refractivity contribution >= 4 is 52.9 Å². The van der Waals surface area contributed by atoms with Crippen molar-refractivity contribution in [2.45, 2.75) is 18.3 Å². The fourth-order valence-corrected chi connectivity index (χ4v) is 5.20. The van der Waals surface area contributed by atoms with E-state index >= 15 is 0 Å². The summed E-state index contributed by atoms with van der Waals surface area (Å²) < 4.78 is 4.90. The van der Waals surface area contributed by atoms with Crippen LogP contribution in [0.3, 0.4) is 0 Å². The third-order valence-electron chi connectivity index (χ3n) is 5.78. The normalized spacial score (nSPS) is 18.3. The summed E-state index contributed by atoms with van der Waals surface area (Å²) in [7, 11) is 0. The molecule has 0 aromatic heterocycles. The van der Waals surface area contributed by atoms with Gasteiger partial charge in [0.1, 0.15) is 23.7 Å². The van der Waals surface area contributed by atoms with Crippen LogP contribution in [0.25, 0.3) is 0 Å². The van der Waals surface area contributed by atoms with Crippen LogP contribution in [0.2, 0.25) is 0 Å². The highest BCUT2D eigenvalue weighted by molar-refractivity contribution is 8.00. The molecular formula is C25H20N4O10S. The number of carbonyl (C=O) groups excluding carboxylic acids is 4. The third kappa shape index (κ3) is 5.83. The maximum atomic E-state index is 13.2. The summed E-state index contributed by atoms with van der Waals surface area (Å²) in [5.41, 5.74) is -0.438. The van der Waals surface area contributed by atoms with E-state index in [1.807, 2.05) is 0 Å². The van der Waals surface area contributed by atoms with Gasteiger partial charge in [0, 0.05) is 35.9 Å². The minimum Gasteiger partial charge on any atom is -0.477 e. The zero-order chi connectivity index (χ0) is 29.0. The predicted octanol–water partition coefficient (Wildman–Crippen LogP) is 1.46. The molecule has 1 saturated heterocycles. The quantitative estimate of drug-likeness (QED) is 0.111. The number of nitrogens with one attached hydrogen (secondary N) is 1. The first kappa shape index (κ1) is 28.0. The number of aliphatic carboxylic acids is 1.